The third-order valence-corrected chi connectivity index (χ3v) is 4.23. The summed E-state index contributed by atoms with van der Waals surface area (Å²) in [5.74, 6) is 1.44. The van der Waals surface area contributed by atoms with Crippen LogP contribution in [0.2, 0.25) is 0 Å². The number of nitrogens with zero attached hydrogens (tertiary/aromatic N) is 2. The molecule has 1 saturated heterocycles. The van der Waals surface area contributed by atoms with Gasteiger partial charge in [-0.15, -0.1) is 0 Å². The van der Waals surface area contributed by atoms with E-state index in [9.17, 15) is 0 Å². The summed E-state index contributed by atoms with van der Waals surface area (Å²) in [6.45, 7) is 11.5. The second-order valence-corrected chi connectivity index (χ2v) is 6.97. The molecule has 7 nitrogen and oxygen atoms in total. The van der Waals surface area contributed by atoms with Crippen molar-refractivity contribution in [3.05, 3.63) is 0 Å². The van der Waals surface area contributed by atoms with Gasteiger partial charge in [-0.3, -0.25) is 4.99 Å². The Hall–Kier alpha value is -0.890. The zero-order chi connectivity index (χ0) is 19.0. The molecule has 154 valence electrons. The van der Waals surface area contributed by atoms with E-state index in [4.69, 9.17) is 14.2 Å². The first kappa shape index (κ1) is 23.1. The molecule has 1 rings (SSSR count). The van der Waals surface area contributed by atoms with E-state index >= 15 is 0 Å². The minimum atomic E-state index is 0.162. The highest BCUT2D eigenvalue weighted by atomic mass is 16.5. The molecule has 2 atom stereocenters. The van der Waals surface area contributed by atoms with Gasteiger partial charge in [-0.05, 0) is 47.2 Å². The van der Waals surface area contributed by atoms with Crippen LogP contribution in [0.1, 0.15) is 33.1 Å². The number of hydrogen-bond acceptors (Lipinski definition) is 5. The summed E-state index contributed by atoms with van der Waals surface area (Å²) < 4.78 is 16.9. The molecule has 0 amide bonds. The highest BCUT2D eigenvalue weighted by molar-refractivity contribution is 5.79. The Morgan fingerprint density at radius 3 is 2.81 bits per heavy atom. The van der Waals surface area contributed by atoms with Gasteiger partial charge in [-0.1, -0.05) is 0 Å². The Morgan fingerprint density at radius 2 is 2.15 bits per heavy atom. The van der Waals surface area contributed by atoms with Gasteiger partial charge in [-0.2, -0.15) is 0 Å². The lowest BCUT2D eigenvalue weighted by Gasteiger charge is -2.19. The van der Waals surface area contributed by atoms with Crippen LogP contribution in [0.5, 0.6) is 0 Å². The molecule has 1 aliphatic heterocycles. The van der Waals surface area contributed by atoms with Crippen LogP contribution < -0.4 is 10.6 Å². The van der Waals surface area contributed by atoms with E-state index < -0.39 is 0 Å². The molecule has 1 heterocycles. The summed E-state index contributed by atoms with van der Waals surface area (Å²) in [7, 11) is 4.17. The van der Waals surface area contributed by atoms with Crippen molar-refractivity contribution in [2.24, 2.45) is 10.9 Å². The van der Waals surface area contributed by atoms with Crippen molar-refractivity contribution >= 4 is 5.96 Å². The third kappa shape index (κ3) is 11.7. The fraction of sp³-hybridized carbons (Fsp3) is 0.947. The SMILES string of the molecule is CCNC(=NCC(CCN(C)C)OCC)NCCCOCC1CCOC1. The quantitative estimate of drug-likeness (QED) is 0.272. The lowest BCUT2D eigenvalue weighted by Crippen LogP contribution is -2.39. The molecule has 0 aliphatic carbocycles. The van der Waals surface area contributed by atoms with Crippen molar-refractivity contribution in [3.8, 4) is 0 Å². The van der Waals surface area contributed by atoms with Crippen LogP contribution in [0.3, 0.4) is 0 Å². The maximum absolute atomic E-state index is 5.81. The lowest BCUT2D eigenvalue weighted by molar-refractivity contribution is 0.0582. The van der Waals surface area contributed by atoms with Gasteiger partial charge in [-0.25, -0.2) is 0 Å². The third-order valence-electron chi connectivity index (χ3n) is 4.23. The van der Waals surface area contributed by atoms with Crippen LogP contribution >= 0.6 is 0 Å². The summed E-state index contributed by atoms with van der Waals surface area (Å²) in [4.78, 5) is 6.86. The van der Waals surface area contributed by atoms with E-state index in [0.29, 0.717) is 12.5 Å². The minimum absolute atomic E-state index is 0.162. The van der Waals surface area contributed by atoms with Crippen molar-refractivity contribution in [3.63, 3.8) is 0 Å². The molecule has 2 N–H and O–H groups in total. The number of hydrogen-bond donors (Lipinski definition) is 2. The van der Waals surface area contributed by atoms with E-state index in [-0.39, 0.29) is 6.10 Å². The molecule has 0 saturated carbocycles. The summed E-state index contributed by atoms with van der Waals surface area (Å²) in [5, 5.41) is 6.68. The Balaban J connectivity index is 2.22. The Bertz CT molecular complexity index is 361. The van der Waals surface area contributed by atoms with E-state index in [0.717, 1.165) is 77.9 Å². The van der Waals surface area contributed by atoms with E-state index in [1.165, 1.54) is 0 Å². The van der Waals surface area contributed by atoms with Crippen molar-refractivity contribution in [1.29, 1.82) is 0 Å². The van der Waals surface area contributed by atoms with Gasteiger partial charge >= 0.3 is 0 Å². The second kappa shape index (κ2) is 15.2. The van der Waals surface area contributed by atoms with Gasteiger partial charge in [0.05, 0.1) is 25.9 Å². The number of guanidine groups is 1. The van der Waals surface area contributed by atoms with Gasteiger partial charge in [0, 0.05) is 45.4 Å². The van der Waals surface area contributed by atoms with Crippen molar-refractivity contribution in [2.75, 3.05) is 73.3 Å². The molecular formula is C19H40N4O3. The fourth-order valence-electron chi connectivity index (χ4n) is 2.75. The number of ether oxygens (including phenoxy) is 3. The van der Waals surface area contributed by atoms with Crippen LogP contribution in [-0.2, 0) is 14.2 Å². The van der Waals surface area contributed by atoms with Crippen molar-refractivity contribution in [1.82, 2.24) is 15.5 Å². The van der Waals surface area contributed by atoms with Crippen molar-refractivity contribution in [2.45, 2.75) is 39.2 Å². The number of rotatable bonds is 14. The van der Waals surface area contributed by atoms with Gasteiger partial charge in [0.1, 0.15) is 0 Å². The van der Waals surface area contributed by atoms with Crippen LogP contribution in [-0.4, -0.2) is 90.3 Å². The van der Waals surface area contributed by atoms with Crippen LogP contribution in [0.25, 0.3) is 0 Å². The Morgan fingerprint density at radius 1 is 1.31 bits per heavy atom. The minimum Gasteiger partial charge on any atom is -0.381 e. The van der Waals surface area contributed by atoms with Crippen LogP contribution in [0, 0.1) is 5.92 Å². The summed E-state index contributed by atoms with van der Waals surface area (Å²) >= 11 is 0. The Labute approximate surface area is 159 Å². The summed E-state index contributed by atoms with van der Waals surface area (Å²) in [6.07, 6.45) is 3.25. The summed E-state index contributed by atoms with van der Waals surface area (Å²) in [6, 6.07) is 0. The topological polar surface area (TPSA) is 67.4 Å². The van der Waals surface area contributed by atoms with Crippen LogP contribution in [0.15, 0.2) is 4.99 Å². The molecule has 7 heteroatoms. The zero-order valence-electron chi connectivity index (χ0n) is 17.3. The lowest BCUT2D eigenvalue weighted by atomic mass is 10.1. The molecule has 1 aliphatic rings. The average Bonchev–Trinajstić information content (AvgIpc) is 3.13. The maximum atomic E-state index is 5.81. The molecular weight excluding hydrogens is 332 g/mol. The van der Waals surface area contributed by atoms with Gasteiger partial charge in [0.2, 0.25) is 0 Å². The second-order valence-electron chi connectivity index (χ2n) is 6.97. The smallest absolute Gasteiger partial charge is 0.191 e. The molecule has 0 bridgehead atoms. The van der Waals surface area contributed by atoms with E-state index in [1.54, 1.807) is 0 Å². The first-order valence-electron chi connectivity index (χ1n) is 10.1. The Kier molecular flexibility index (Phi) is 13.5. The molecule has 0 spiro atoms. The monoisotopic (exact) mass is 372 g/mol. The maximum Gasteiger partial charge on any atom is 0.191 e. The van der Waals surface area contributed by atoms with Gasteiger partial charge < -0.3 is 29.7 Å². The fourth-order valence-corrected chi connectivity index (χ4v) is 2.75. The van der Waals surface area contributed by atoms with Crippen molar-refractivity contribution < 1.29 is 14.2 Å². The first-order valence-corrected chi connectivity index (χ1v) is 10.1. The van der Waals surface area contributed by atoms with Gasteiger partial charge in [0.15, 0.2) is 5.96 Å². The highest BCUT2D eigenvalue weighted by Gasteiger charge is 2.15. The van der Waals surface area contributed by atoms with E-state index in [2.05, 4.69) is 41.5 Å². The molecule has 26 heavy (non-hydrogen) atoms. The normalized spacial score (nSPS) is 19.1. The predicted molar refractivity (Wildman–Crippen MR) is 107 cm³/mol. The van der Waals surface area contributed by atoms with Crippen LogP contribution in [0.4, 0.5) is 0 Å². The van der Waals surface area contributed by atoms with Gasteiger partial charge in [0.25, 0.3) is 0 Å². The standard InChI is InChI=1S/C19H40N4O3/c1-5-20-19(22-14-18(26-6-2)8-11-23(3)4)21-10-7-12-24-15-17-9-13-25-16-17/h17-18H,5-16H2,1-4H3,(H2,20,21,22). The summed E-state index contributed by atoms with van der Waals surface area (Å²) in [5.41, 5.74) is 0. The molecule has 2 unspecified atom stereocenters. The number of aliphatic imine (C=N–C) groups is 1. The predicted octanol–water partition coefficient (Wildman–Crippen LogP) is 1.34. The molecule has 0 aromatic heterocycles. The molecule has 0 radical (unpaired) electrons. The molecule has 1 fully saturated rings. The van der Waals surface area contributed by atoms with E-state index in [1.807, 2.05) is 6.92 Å². The largest absolute Gasteiger partial charge is 0.381 e. The zero-order valence-corrected chi connectivity index (χ0v) is 17.3. The first-order chi connectivity index (χ1) is 12.7. The number of nitrogens with one attached hydrogen (secondary N) is 2. The molecule has 0 aromatic rings. The molecule has 0 aromatic carbocycles. The average molecular weight is 373 g/mol. The highest BCUT2D eigenvalue weighted by Crippen LogP contribution is 2.12.